The standard InChI is InChI=1S/C39H34ClF3N4O5/c1-25(48)16-19-29(20-17-26-10-4-2-5-11-26)44-35(49)23-47-34-15-9-8-14-30(34)36(27-12-6-3-7-13-27)45-33(37(47)50)24-52-38(51)46-32-21-18-28(40)22-31(32)39(41,42)43/h2-16,18-19,21-22,29,33H,17,20,23-24H2,1H3,(H,44,49)(H,46,51)/b19-16+/t29-,33-/m1/s1. The zero-order chi connectivity index (χ0) is 37.3. The van der Waals surface area contributed by atoms with Crippen molar-refractivity contribution < 1.29 is 37.1 Å². The summed E-state index contributed by atoms with van der Waals surface area (Å²) in [6, 6.07) is 26.3. The lowest BCUT2D eigenvalue weighted by atomic mass is 10.00. The number of para-hydroxylation sites is 1. The third-order valence-electron chi connectivity index (χ3n) is 8.03. The SMILES string of the molecule is CC(=O)/C=C/[C@H](CCc1ccccc1)NC(=O)CN1C(=O)[C@@H](COC(=O)Nc2ccc(Cl)cc2C(F)(F)F)N=C(c2ccccc2)c2ccccc21. The Morgan fingerprint density at radius 2 is 1.63 bits per heavy atom. The second kappa shape index (κ2) is 17.0. The first-order valence-corrected chi connectivity index (χ1v) is 16.6. The van der Waals surface area contributed by atoms with Crippen molar-refractivity contribution in [2.45, 2.75) is 38.0 Å². The van der Waals surface area contributed by atoms with Crippen molar-refractivity contribution in [1.29, 1.82) is 0 Å². The molecule has 1 aliphatic heterocycles. The fraction of sp³-hybridized carbons (Fsp3) is 0.205. The molecule has 52 heavy (non-hydrogen) atoms. The number of benzodiazepines with no additional fused rings is 1. The summed E-state index contributed by atoms with van der Waals surface area (Å²) in [5.74, 6) is -1.42. The van der Waals surface area contributed by atoms with Gasteiger partial charge in [0.15, 0.2) is 11.8 Å². The first-order valence-electron chi connectivity index (χ1n) is 16.3. The summed E-state index contributed by atoms with van der Waals surface area (Å²) in [4.78, 5) is 58.4. The highest BCUT2D eigenvalue weighted by Gasteiger charge is 2.36. The Labute approximate surface area is 303 Å². The van der Waals surface area contributed by atoms with Gasteiger partial charge in [-0.1, -0.05) is 96.5 Å². The molecular formula is C39H34ClF3N4O5. The first-order chi connectivity index (χ1) is 24.9. The largest absolute Gasteiger partial charge is 0.446 e. The van der Waals surface area contributed by atoms with Crippen LogP contribution in [0.1, 0.15) is 35.6 Å². The number of aryl methyl sites for hydroxylation is 1. The number of aliphatic imine (C=N–C) groups is 1. The minimum atomic E-state index is -4.82. The molecule has 0 bridgehead atoms. The smallest absolute Gasteiger partial charge is 0.418 e. The second-order valence-corrected chi connectivity index (χ2v) is 12.3. The van der Waals surface area contributed by atoms with Crippen LogP contribution >= 0.6 is 11.6 Å². The average molecular weight is 731 g/mol. The number of benzene rings is 4. The quantitative estimate of drug-likeness (QED) is 0.147. The number of nitrogens with zero attached hydrogens (tertiary/aromatic N) is 2. The number of ketones is 1. The molecule has 1 aliphatic rings. The van der Waals surface area contributed by atoms with Crippen LogP contribution in [0.3, 0.4) is 0 Å². The molecule has 2 N–H and O–H groups in total. The number of hydrogen-bond acceptors (Lipinski definition) is 6. The van der Waals surface area contributed by atoms with Gasteiger partial charge < -0.3 is 15.0 Å². The molecule has 0 saturated carbocycles. The Balaban J connectivity index is 1.41. The molecule has 0 spiro atoms. The van der Waals surface area contributed by atoms with Gasteiger partial charge in [-0.2, -0.15) is 13.2 Å². The molecular weight excluding hydrogens is 697 g/mol. The molecule has 0 aliphatic carbocycles. The summed E-state index contributed by atoms with van der Waals surface area (Å²) in [6.07, 6.45) is -2.02. The fourth-order valence-electron chi connectivity index (χ4n) is 5.58. The second-order valence-electron chi connectivity index (χ2n) is 11.9. The molecule has 0 radical (unpaired) electrons. The van der Waals surface area contributed by atoms with E-state index in [0.29, 0.717) is 41.4 Å². The molecule has 1 heterocycles. The van der Waals surface area contributed by atoms with Crippen molar-refractivity contribution in [2.24, 2.45) is 4.99 Å². The van der Waals surface area contributed by atoms with E-state index in [4.69, 9.17) is 16.3 Å². The Bertz CT molecular complexity index is 1990. The number of hydrogen-bond donors (Lipinski definition) is 2. The van der Waals surface area contributed by atoms with Gasteiger partial charge in [-0.05, 0) is 55.7 Å². The number of amides is 3. The van der Waals surface area contributed by atoms with E-state index in [1.807, 2.05) is 30.3 Å². The number of nitrogens with one attached hydrogen (secondary N) is 2. The maximum atomic E-state index is 14.2. The lowest BCUT2D eigenvalue weighted by Gasteiger charge is -2.26. The minimum Gasteiger partial charge on any atom is -0.446 e. The van der Waals surface area contributed by atoms with E-state index < -0.39 is 60.6 Å². The highest BCUT2D eigenvalue weighted by atomic mass is 35.5. The molecule has 0 aromatic heterocycles. The molecule has 13 heteroatoms. The fourth-order valence-corrected chi connectivity index (χ4v) is 5.75. The number of carbonyl (C=O) groups is 4. The van der Waals surface area contributed by atoms with Crippen LogP contribution in [0.15, 0.2) is 120 Å². The molecule has 268 valence electrons. The molecule has 4 aromatic carbocycles. The maximum Gasteiger partial charge on any atom is 0.418 e. The average Bonchev–Trinajstić information content (AvgIpc) is 3.23. The van der Waals surface area contributed by atoms with Crippen LogP contribution in [0.2, 0.25) is 5.02 Å². The molecule has 0 unspecified atom stereocenters. The monoisotopic (exact) mass is 730 g/mol. The van der Waals surface area contributed by atoms with Gasteiger partial charge in [-0.25, -0.2) is 4.79 Å². The van der Waals surface area contributed by atoms with Gasteiger partial charge >= 0.3 is 12.3 Å². The summed E-state index contributed by atoms with van der Waals surface area (Å²) < 4.78 is 46.2. The van der Waals surface area contributed by atoms with Crippen LogP contribution < -0.4 is 15.5 Å². The summed E-state index contributed by atoms with van der Waals surface area (Å²) in [5.41, 5.74) is 1.17. The van der Waals surface area contributed by atoms with Crippen LogP contribution in [0.5, 0.6) is 0 Å². The van der Waals surface area contributed by atoms with Gasteiger partial charge in [0.2, 0.25) is 5.91 Å². The molecule has 0 fully saturated rings. The van der Waals surface area contributed by atoms with E-state index >= 15 is 0 Å². The number of ether oxygens (including phenoxy) is 1. The molecule has 9 nitrogen and oxygen atoms in total. The Morgan fingerprint density at radius 3 is 2.33 bits per heavy atom. The van der Waals surface area contributed by atoms with Crippen molar-refractivity contribution in [3.63, 3.8) is 0 Å². The molecule has 5 rings (SSSR count). The van der Waals surface area contributed by atoms with Crippen molar-refractivity contribution in [2.75, 3.05) is 23.4 Å². The van der Waals surface area contributed by atoms with Gasteiger partial charge in [0, 0.05) is 22.2 Å². The predicted octanol–water partition coefficient (Wildman–Crippen LogP) is 7.42. The number of allylic oxidation sites excluding steroid dienone is 1. The van der Waals surface area contributed by atoms with E-state index in [9.17, 15) is 32.3 Å². The Hall–Kier alpha value is -5.75. The normalized spacial score (nSPS) is 14.9. The summed E-state index contributed by atoms with van der Waals surface area (Å²) in [7, 11) is 0. The van der Waals surface area contributed by atoms with Crippen LogP contribution in [0.4, 0.5) is 29.3 Å². The highest BCUT2D eigenvalue weighted by Crippen LogP contribution is 2.36. The summed E-state index contributed by atoms with van der Waals surface area (Å²) in [5, 5.41) is 4.81. The van der Waals surface area contributed by atoms with Crippen LogP contribution in [0.25, 0.3) is 0 Å². The zero-order valence-corrected chi connectivity index (χ0v) is 28.7. The highest BCUT2D eigenvalue weighted by molar-refractivity contribution is 6.30. The van der Waals surface area contributed by atoms with E-state index in [-0.39, 0.29) is 10.8 Å². The van der Waals surface area contributed by atoms with Crippen LogP contribution in [0, 0.1) is 0 Å². The first kappa shape index (κ1) is 37.5. The molecule has 2 atom stereocenters. The van der Waals surface area contributed by atoms with Gasteiger partial charge in [-0.3, -0.25) is 24.7 Å². The predicted molar refractivity (Wildman–Crippen MR) is 193 cm³/mol. The molecule has 0 saturated heterocycles. The Morgan fingerprint density at radius 1 is 0.962 bits per heavy atom. The number of rotatable bonds is 12. The van der Waals surface area contributed by atoms with Crippen LogP contribution in [-0.2, 0) is 31.7 Å². The number of anilines is 2. The number of alkyl halides is 3. The maximum absolute atomic E-state index is 14.2. The minimum absolute atomic E-state index is 0.181. The van der Waals surface area contributed by atoms with Crippen LogP contribution in [-0.4, -0.2) is 54.6 Å². The topological polar surface area (TPSA) is 117 Å². The van der Waals surface area contributed by atoms with Crippen molar-refractivity contribution in [3.8, 4) is 0 Å². The molecule has 4 aromatic rings. The van der Waals surface area contributed by atoms with Gasteiger partial charge in [0.05, 0.1) is 22.6 Å². The van der Waals surface area contributed by atoms with Gasteiger partial charge in [-0.15, -0.1) is 0 Å². The lowest BCUT2D eigenvalue weighted by molar-refractivity contribution is -0.137. The third-order valence-corrected chi connectivity index (χ3v) is 8.26. The van der Waals surface area contributed by atoms with E-state index in [2.05, 4.69) is 15.6 Å². The van der Waals surface area contributed by atoms with E-state index in [1.165, 1.54) is 24.0 Å². The zero-order valence-electron chi connectivity index (χ0n) is 27.9. The van der Waals surface area contributed by atoms with Crippen molar-refractivity contribution in [3.05, 3.63) is 143 Å². The van der Waals surface area contributed by atoms with Gasteiger partial charge in [0.1, 0.15) is 13.2 Å². The van der Waals surface area contributed by atoms with E-state index in [1.54, 1.807) is 60.7 Å². The molecule has 3 amide bonds. The van der Waals surface area contributed by atoms with Gasteiger partial charge in [0.25, 0.3) is 5.91 Å². The van der Waals surface area contributed by atoms with Crippen molar-refractivity contribution >= 4 is 52.4 Å². The number of fused-ring (bicyclic) bond motifs is 1. The van der Waals surface area contributed by atoms with Crippen molar-refractivity contribution in [1.82, 2.24) is 5.32 Å². The summed E-state index contributed by atoms with van der Waals surface area (Å²) >= 11 is 5.76. The van der Waals surface area contributed by atoms with E-state index in [0.717, 1.165) is 11.6 Å². The number of halogens is 4. The lowest BCUT2D eigenvalue weighted by Crippen LogP contribution is -2.47. The third kappa shape index (κ3) is 9.94. The summed E-state index contributed by atoms with van der Waals surface area (Å²) in [6.45, 7) is 0.283. The Kier molecular flexibility index (Phi) is 12.2. The number of carbonyl (C=O) groups excluding carboxylic acids is 4.